The summed E-state index contributed by atoms with van der Waals surface area (Å²) in [5, 5.41) is 3.05. The highest BCUT2D eigenvalue weighted by atomic mass is 16.5. The van der Waals surface area contributed by atoms with E-state index in [1.807, 2.05) is 62.4 Å². The van der Waals surface area contributed by atoms with Gasteiger partial charge in [-0.15, -0.1) is 0 Å². The molecule has 0 radical (unpaired) electrons. The van der Waals surface area contributed by atoms with Crippen LogP contribution in [0.3, 0.4) is 0 Å². The standard InChI is InChI=1S/C17H21N3O/c1-13-7-9-15(10-8-13)20-17(18)19-11-12-21-16-6-4-3-5-14(16)2/h3-10H,11-12H2,1-2H3,(H3,18,19,20). The smallest absolute Gasteiger partial charge is 0.193 e. The number of rotatable bonds is 5. The summed E-state index contributed by atoms with van der Waals surface area (Å²) in [5.41, 5.74) is 9.10. The van der Waals surface area contributed by atoms with Gasteiger partial charge in [-0.05, 0) is 37.6 Å². The van der Waals surface area contributed by atoms with Crippen LogP contribution < -0.4 is 15.8 Å². The van der Waals surface area contributed by atoms with Crippen LogP contribution in [0.25, 0.3) is 0 Å². The number of benzene rings is 2. The number of hydrogen-bond donors (Lipinski definition) is 2. The summed E-state index contributed by atoms with van der Waals surface area (Å²) < 4.78 is 5.66. The number of para-hydroxylation sites is 1. The molecular weight excluding hydrogens is 262 g/mol. The SMILES string of the molecule is Cc1ccc(NC(N)=NCCOc2ccccc2C)cc1. The maximum absolute atomic E-state index is 5.84. The number of aliphatic imine (C=N–C) groups is 1. The Morgan fingerprint density at radius 2 is 1.81 bits per heavy atom. The molecule has 110 valence electrons. The zero-order valence-corrected chi connectivity index (χ0v) is 12.5. The predicted molar refractivity (Wildman–Crippen MR) is 88.0 cm³/mol. The summed E-state index contributed by atoms with van der Waals surface area (Å²) in [7, 11) is 0. The van der Waals surface area contributed by atoms with Crippen LogP contribution in [0.4, 0.5) is 5.69 Å². The van der Waals surface area contributed by atoms with Crippen LogP contribution in [0, 0.1) is 13.8 Å². The average Bonchev–Trinajstić information content (AvgIpc) is 2.48. The maximum Gasteiger partial charge on any atom is 0.193 e. The fraction of sp³-hybridized carbons (Fsp3) is 0.235. The summed E-state index contributed by atoms with van der Waals surface area (Å²) in [6.45, 7) is 5.08. The zero-order chi connectivity index (χ0) is 15.1. The van der Waals surface area contributed by atoms with Gasteiger partial charge in [-0.2, -0.15) is 0 Å². The molecule has 0 fully saturated rings. The van der Waals surface area contributed by atoms with E-state index in [-0.39, 0.29) is 0 Å². The number of nitrogens with two attached hydrogens (primary N) is 1. The maximum atomic E-state index is 5.84. The molecule has 4 nitrogen and oxygen atoms in total. The Morgan fingerprint density at radius 1 is 1.10 bits per heavy atom. The Bertz CT molecular complexity index is 606. The van der Waals surface area contributed by atoms with Crippen molar-refractivity contribution in [3.05, 3.63) is 59.7 Å². The van der Waals surface area contributed by atoms with Gasteiger partial charge in [-0.3, -0.25) is 0 Å². The minimum absolute atomic E-state index is 0.396. The van der Waals surface area contributed by atoms with Crippen molar-refractivity contribution in [1.29, 1.82) is 0 Å². The molecular formula is C17H21N3O. The van der Waals surface area contributed by atoms with E-state index in [9.17, 15) is 0 Å². The van der Waals surface area contributed by atoms with E-state index < -0.39 is 0 Å². The number of nitrogens with one attached hydrogen (secondary N) is 1. The molecule has 0 aliphatic carbocycles. The zero-order valence-electron chi connectivity index (χ0n) is 12.5. The van der Waals surface area contributed by atoms with E-state index in [2.05, 4.69) is 10.3 Å². The van der Waals surface area contributed by atoms with E-state index in [1.165, 1.54) is 5.56 Å². The monoisotopic (exact) mass is 283 g/mol. The minimum Gasteiger partial charge on any atom is -0.491 e. The first-order valence-corrected chi connectivity index (χ1v) is 6.97. The van der Waals surface area contributed by atoms with Gasteiger partial charge in [-0.25, -0.2) is 4.99 Å². The highest BCUT2D eigenvalue weighted by molar-refractivity contribution is 5.92. The molecule has 4 heteroatoms. The van der Waals surface area contributed by atoms with Gasteiger partial charge >= 0.3 is 0 Å². The molecule has 21 heavy (non-hydrogen) atoms. The van der Waals surface area contributed by atoms with Gasteiger partial charge in [0.2, 0.25) is 0 Å². The Kier molecular flexibility index (Phi) is 5.21. The van der Waals surface area contributed by atoms with E-state index in [0.717, 1.165) is 17.0 Å². The Balaban J connectivity index is 1.78. The number of anilines is 1. The van der Waals surface area contributed by atoms with Crippen LogP contribution in [0.15, 0.2) is 53.5 Å². The van der Waals surface area contributed by atoms with Crippen molar-refractivity contribution in [3.8, 4) is 5.75 Å². The second-order valence-electron chi connectivity index (χ2n) is 4.87. The molecule has 0 aliphatic rings. The molecule has 0 amide bonds. The van der Waals surface area contributed by atoms with Crippen LogP contribution >= 0.6 is 0 Å². The van der Waals surface area contributed by atoms with Gasteiger partial charge in [0.1, 0.15) is 12.4 Å². The van der Waals surface area contributed by atoms with Crippen molar-refractivity contribution < 1.29 is 4.74 Å². The first kappa shape index (κ1) is 14.9. The molecule has 0 saturated carbocycles. The second-order valence-corrected chi connectivity index (χ2v) is 4.87. The quantitative estimate of drug-likeness (QED) is 0.503. The van der Waals surface area contributed by atoms with Gasteiger partial charge in [0.15, 0.2) is 5.96 Å². The summed E-state index contributed by atoms with van der Waals surface area (Å²) >= 11 is 0. The fourth-order valence-corrected chi connectivity index (χ4v) is 1.86. The van der Waals surface area contributed by atoms with E-state index in [1.54, 1.807) is 0 Å². The average molecular weight is 283 g/mol. The third-order valence-corrected chi connectivity index (χ3v) is 3.05. The second kappa shape index (κ2) is 7.33. The Labute approximate surface area is 125 Å². The highest BCUT2D eigenvalue weighted by Gasteiger charge is 1.97. The van der Waals surface area contributed by atoms with Gasteiger partial charge < -0.3 is 15.8 Å². The first-order chi connectivity index (χ1) is 10.1. The van der Waals surface area contributed by atoms with Gasteiger partial charge in [0, 0.05) is 5.69 Å². The normalized spacial score (nSPS) is 11.2. The van der Waals surface area contributed by atoms with Crippen molar-refractivity contribution in [3.63, 3.8) is 0 Å². The third kappa shape index (κ3) is 4.84. The topological polar surface area (TPSA) is 59.6 Å². The fourth-order valence-electron chi connectivity index (χ4n) is 1.86. The van der Waals surface area contributed by atoms with E-state index in [4.69, 9.17) is 10.5 Å². The van der Waals surface area contributed by atoms with Crippen molar-refractivity contribution in [2.24, 2.45) is 10.7 Å². The van der Waals surface area contributed by atoms with E-state index >= 15 is 0 Å². The van der Waals surface area contributed by atoms with Gasteiger partial charge in [-0.1, -0.05) is 35.9 Å². The van der Waals surface area contributed by atoms with Crippen LogP contribution in [-0.4, -0.2) is 19.1 Å². The molecule has 2 rings (SSSR count). The summed E-state index contributed by atoms with van der Waals surface area (Å²) in [6, 6.07) is 15.9. The number of hydrogen-bond acceptors (Lipinski definition) is 2. The lowest BCUT2D eigenvalue weighted by Gasteiger charge is -2.08. The summed E-state index contributed by atoms with van der Waals surface area (Å²) in [6.07, 6.45) is 0. The molecule has 0 heterocycles. The largest absolute Gasteiger partial charge is 0.491 e. The molecule has 3 N–H and O–H groups in total. The third-order valence-electron chi connectivity index (χ3n) is 3.05. The van der Waals surface area contributed by atoms with Crippen molar-refractivity contribution in [2.75, 3.05) is 18.5 Å². The predicted octanol–water partition coefficient (Wildman–Crippen LogP) is 3.11. The summed E-state index contributed by atoms with van der Waals surface area (Å²) in [4.78, 5) is 4.24. The van der Waals surface area contributed by atoms with Crippen molar-refractivity contribution >= 4 is 11.6 Å². The Hall–Kier alpha value is -2.49. The molecule has 2 aromatic rings. The summed E-state index contributed by atoms with van der Waals surface area (Å²) in [5.74, 6) is 1.28. The lowest BCUT2D eigenvalue weighted by Crippen LogP contribution is -2.23. The number of ether oxygens (including phenoxy) is 1. The minimum atomic E-state index is 0.396. The molecule has 2 aromatic carbocycles. The lowest BCUT2D eigenvalue weighted by molar-refractivity contribution is 0.326. The number of aryl methyl sites for hydroxylation is 2. The first-order valence-electron chi connectivity index (χ1n) is 6.97. The molecule has 0 bridgehead atoms. The van der Waals surface area contributed by atoms with Crippen LogP contribution in [0.1, 0.15) is 11.1 Å². The van der Waals surface area contributed by atoms with Crippen molar-refractivity contribution in [1.82, 2.24) is 0 Å². The van der Waals surface area contributed by atoms with Crippen LogP contribution in [0.2, 0.25) is 0 Å². The van der Waals surface area contributed by atoms with Crippen LogP contribution in [-0.2, 0) is 0 Å². The highest BCUT2D eigenvalue weighted by Crippen LogP contribution is 2.15. The number of nitrogens with zero attached hydrogens (tertiary/aromatic N) is 1. The van der Waals surface area contributed by atoms with E-state index in [0.29, 0.717) is 19.1 Å². The molecule has 0 aliphatic heterocycles. The molecule has 0 saturated heterocycles. The number of guanidine groups is 1. The molecule has 0 aromatic heterocycles. The molecule has 0 spiro atoms. The van der Waals surface area contributed by atoms with Gasteiger partial charge in [0.25, 0.3) is 0 Å². The molecule has 0 atom stereocenters. The van der Waals surface area contributed by atoms with Crippen LogP contribution in [0.5, 0.6) is 5.75 Å². The Morgan fingerprint density at radius 3 is 2.52 bits per heavy atom. The lowest BCUT2D eigenvalue weighted by atomic mass is 10.2. The van der Waals surface area contributed by atoms with Crippen molar-refractivity contribution in [2.45, 2.75) is 13.8 Å². The molecule has 0 unspecified atom stereocenters. The van der Waals surface area contributed by atoms with Gasteiger partial charge in [0.05, 0.1) is 6.54 Å².